The van der Waals surface area contributed by atoms with Crippen molar-refractivity contribution in [2.24, 2.45) is 17.0 Å². The average Bonchev–Trinajstić information content (AvgIpc) is 3.05. The molecule has 1 spiro atoms. The molecule has 1 aliphatic heterocycles. The maximum Gasteiger partial charge on any atom is 0.315 e. The molecule has 1 saturated carbocycles. The standard InChI is InChI=1S/C16H29N3O5/c1-3-19(18)13(11-17)22-12-15(14(20)21-4-2)5-7-16(8-6-15)23-9-10-24-16/h11H,3-10,12,17-18H2,1-2H3/b13-11+. The molecule has 8 nitrogen and oxygen atoms in total. The van der Waals surface area contributed by atoms with E-state index in [2.05, 4.69) is 0 Å². The van der Waals surface area contributed by atoms with Crippen LogP contribution in [0.5, 0.6) is 0 Å². The molecule has 1 aliphatic carbocycles. The van der Waals surface area contributed by atoms with Crippen molar-refractivity contribution >= 4 is 5.97 Å². The van der Waals surface area contributed by atoms with Gasteiger partial charge in [0.15, 0.2) is 5.79 Å². The van der Waals surface area contributed by atoms with Crippen LogP contribution in [0.4, 0.5) is 0 Å². The lowest BCUT2D eigenvalue weighted by atomic mass is 9.72. The normalized spacial score (nSPS) is 22.4. The molecule has 1 saturated heterocycles. The quantitative estimate of drug-likeness (QED) is 0.303. The minimum atomic E-state index is -0.737. The topological polar surface area (TPSA) is 109 Å². The fourth-order valence-electron chi connectivity index (χ4n) is 3.18. The molecule has 8 heteroatoms. The van der Waals surface area contributed by atoms with Gasteiger partial charge in [-0.05, 0) is 26.7 Å². The molecule has 24 heavy (non-hydrogen) atoms. The predicted octanol–water partition coefficient (Wildman–Crippen LogP) is 0.823. The first-order chi connectivity index (χ1) is 11.5. The van der Waals surface area contributed by atoms with Gasteiger partial charge in [-0.15, -0.1) is 0 Å². The van der Waals surface area contributed by atoms with Crippen LogP contribution < -0.4 is 11.6 Å². The lowest BCUT2D eigenvalue weighted by Crippen LogP contribution is -2.47. The summed E-state index contributed by atoms with van der Waals surface area (Å²) in [4.78, 5) is 12.6. The Morgan fingerprint density at radius 1 is 1.17 bits per heavy atom. The molecule has 138 valence electrons. The zero-order valence-corrected chi connectivity index (χ0v) is 14.6. The van der Waals surface area contributed by atoms with Gasteiger partial charge in [-0.25, -0.2) is 5.84 Å². The number of hydrogen-bond donors (Lipinski definition) is 2. The lowest BCUT2D eigenvalue weighted by Gasteiger charge is -2.41. The second kappa shape index (κ2) is 8.04. The van der Waals surface area contributed by atoms with Crippen molar-refractivity contribution < 1.29 is 23.7 Å². The molecule has 0 aromatic heterocycles. The van der Waals surface area contributed by atoms with Gasteiger partial charge in [0.05, 0.1) is 26.0 Å². The van der Waals surface area contributed by atoms with E-state index in [-0.39, 0.29) is 12.6 Å². The highest BCUT2D eigenvalue weighted by Gasteiger charge is 2.51. The SMILES string of the molecule is CCOC(=O)C1(CO/C(=C/N)N(N)CC)CCC2(CC1)OCCO2. The second-order valence-electron chi connectivity index (χ2n) is 6.19. The fourth-order valence-corrected chi connectivity index (χ4v) is 3.18. The van der Waals surface area contributed by atoms with Crippen LogP contribution in [0.15, 0.2) is 12.1 Å². The summed E-state index contributed by atoms with van der Waals surface area (Å²) in [6.45, 7) is 5.91. The molecular formula is C16H29N3O5. The number of esters is 1. The Bertz CT molecular complexity index is 453. The summed E-state index contributed by atoms with van der Waals surface area (Å²) in [5.74, 6) is 5.36. The van der Waals surface area contributed by atoms with Gasteiger partial charge in [0, 0.05) is 19.4 Å². The Kier molecular flexibility index (Phi) is 6.31. The first-order valence-electron chi connectivity index (χ1n) is 8.53. The number of hydrazine groups is 1. The van der Waals surface area contributed by atoms with E-state index in [1.807, 2.05) is 6.92 Å². The lowest BCUT2D eigenvalue weighted by molar-refractivity contribution is -0.203. The highest BCUT2D eigenvalue weighted by atomic mass is 16.7. The third kappa shape index (κ3) is 3.93. The van der Waals surface area contributed by atoms with Crippen LogP contribution >= 0.6 is 0 Å². The molecule has 0 unspecified atom stereocenters. The van der Waals surface area contributed by atoms with E-state index < -0.39 is 11.2 Å². The number of hydrogen-bond acceptors (Lipinski definition) is 8. The Morgan fingerprint density at radius 2 is 1.79 bits per heavy atom. The minimum Gasteiger partial charge on any atom is -0.476 e. The monoisotopic (exact) mass is 343 g/mol. The van der Waals surface area contributed by atoms with Crippen molar-refractivity contribution in [3.05, 3.63) is 12.1 Å². The Balaban J connectivity index is 2.06. The molecule has 2 aliphatic rings. The second-order valence-corrected chi connectivity index (χ2v) is 6.19. The highest BCUT2D eigenvalue weighted by molar-refractivity contribution is 5.77. The smallest absolute Gasteiger partial charge is 0.315 e. The first-order valence-corrected chi connectivity index (χ1v) is 8.53. The van der Waals surface area contributed by atoms with Crippen LogP contribution in [0.3, 0.4) is 0 Å². The Labute approximate surface area is 143 Å². The summed E-state index contributed by atoms with van der Waals surface area (Å²) in [6, 6.07) is 0. The van der Waals surface area contributed by atoms with Gasteiger partial charge in [-0.3, -0.25) is 9.80 Å². The highest BCUT2D eigenvalue weighted by Crippen LogP contribution is 2.46. The zero-order chi connectivity index (χ0) is 17.6. The molecular weight excluding hydrogens is 314 g/mol. The summed E-state index contributed by atoms with van der Waals surface area (Å²) in [5, 5.41) is 1.40. The summed E-state index contributed by atoms with van der Waals surface area (Å²) in [5.41, 5.74) is 4.84. The maximum atomic E-state index is 12.6. The van der Waals surface area contributed by atoms with Crippen molar-refractivity contribution in [1.29, 1.82) is 0 Å². The summed E-state index contributed by atoms with van der Waals surface area (Å²) >= 11 is 0. The number of rotatable bonds is 7. The third-order valence-electron chi connectivity index (χ3n) is 4.75. The largest absolute Gasteiger partial charge is 0.476 e. The van der Waals surface area contributed by atoms with Gasteiger partial charge in [0.2, 0.25) is 5.88 Å². The number of ether oxygens (including phenoxy) is 4. The molecule has 4 N–H and O–H groups in total. The molecule has 2 fully saturated rings. The maximum absolute atomic E-state index is 12.6. The number of carbonyl (C=O) groups excluding carboxylic acids is 1. The number of nitrogens with zero attached hydrogens (tertiary/aromatic N) is 1. The Hall–Kier alpha value is -1.51. The zero-order valence-electron chi connectivity index (χ0n) is 14.6. The fraction of sp³-hybridized carbons (Fsp3) is 0.812. The van der Waals surface area contributed by atoms with Gasteiger partial charge < -0.3 is 24.7 Å². The van der Waals surface area contributed by atoms with Crippen LogP contribution in [-0.2, 0) is 23.7 Å². The van der Waals surface area contributed by atoms with E-state index in [1.165, 1.54) is 11.2 Å². The summed E-state index contributed by atoms with van der Waals surface area (Å²) in [6.07, 6.45) is 3.71. The molecule has 0 aromatic carbocycles. The van der Waals surface area contributed by atoms with Crippen molar-refractivity contribution in [2.45, 2.75) is 45.3 Å². The molecule has 1 heterocycles. The number of nitrogens with two attached hydrogens (primary N) is 2. The molecule has 0 bridgehead atoms. The van der Waals surface area contributed by atoms with E-state index in [0.717, 1.165) is 0 Å². The first kappa shape index (κ1) is 18.8. The van der Waals surface area contributed by atoms with Crippen LogP contribution in [0, 0.1) is 5.41 Å². The van der Waals surface area contributed by atoms with Gasteiger partial charge >= 0.3 is 5.97 Å². The van der Waals surface area contributed by atoms with Crippen molar-refractivity contribution in [3.63, 3.8) is 0 Å². The van der Waals surface area contributed by atoms with Crippen molar-refractivity contribution in [3.8, 4) is 0 Å². The van der Waals surface area contributed by atoms with Crippen molar-refractivity contribution in [2.75, 3.05) is 33.0 Å². The van der Waals surface area contributed by atoms with Crippen LogP contribution in [0.2, 0.25) is 0 Å². The summed E-state index contributed by atoms with van der Waals surface area (Å²) in [7, 11) is 0. The van der Waals surface area contributed by atoms with Gasteiger partial charge in [-0.2, -0.15) is 0 Å². The molecule has 0 atom stereocenters. The van der Waals surface area contributed by atoms with E-state index in [4.69, 9.17) is 30.5 Å². The van der Waals surface area contributed by atoms with E-state index in [1.54, 1.807) is 6.92 Å². The van der Waals surface area contributed by atoms with Crippen LogP contribution in [0.25, 0.3) is 0 Å². The molecule has 0 radical (unpaired) electrons. The van der Waals surface area contributed by atoms with E-state index in [0.29, 0.717) is 57.9 Å². The molecule has 0 aromatic rings. The third-order valence-corrected chi connectivity index (χ3v) is 4.75. The minimum absolute atomic E-state index is 0.165. The van der Waals surface area contributed by atoms with Crippen LogP contribution in [-0.4, -0.2) is 49.7 Å². The van der Waals surface area contributed by atoms with E-state index in [9.17, 15) is 4.79 Å². The summed E-state index contributed by atoms with van der Waals surface area (Å²) < 4.78 is 22.5. The average molecular weight is 343 g/mol. The Morgan fingerprint density at radius 3 is 2.29 bits per heavy atom. The van der Waals surface area contributed by atoms with Crippen molar-refractivity contribution in [1.82, 2.24) is 5.01 Å². The molecule has 2 rings (SSSR count). The van der Waals surface area contributed by atoms with Gasteiger partial charge in [0.25, 0.3) is 0 Å². The van der Waals surface area contributed by atoms with Crippen LogP contribution in [0.1, 0.15) is 39.5 Å². The van der Waals surface area contributed by atoms with Gasteiger partial charge in [0.1, 0.15) is 12.0 Å². The predicted molar refractivity (Wildman–Crippen MR) is 87.0 cm³/mol. The van der Waals surface area contributed by atoms with Gasteiger partial charge in [-0.1, -0.05) is 0 Å². The number of carbonyl (C=O) groups is 1. The molecule has 0 amide bonds. The van der Waals surface area contributed by atoms with E-state index >= 15 is 0 Å².